The average Bonchev–Trinajstić information content (AvgIpc) is 3.86. The summed E-state index contributed by atoms with van der Waals surface area (Å²) >= 11 is 3.78. The molecule has 11 rings (SSSR count). The SMILES string of the molecule is CC1C(N(c2cccc(-c3ccc(-c4ccccc4)cc3)c2)c2ccc3sc4cc(-c5cccc6c5sc5ccccc56)ccc4c3c2)=CC=CC1c1ccccc1. The summed E-state index contributed by atoms with van der Waals surface area (Å²) in [6.45, 7) is 2.38. The highest BCUT2D eigenvalue weighted by atomic mass is 32.1. The van der Waals surface area contributed by atoms with Gasteiger partial charge in [0.05, 0.1) is 0 Å². The molecule has 276 valence electrons. The van der Waals surface area contributed by atoms with Crippen molar-refractivity contribution in [2.75, 3.05) is 4.90 Å². The maximum atomic E-state index is 2.51. The van der Waals surface area contributed by atoms with Gasteiger partial charge in [-0.3, -0.25) is 0 Å². The van der Waals surface area contributed by atoms with Crippen LogP contribution in [0.2, 0.25) is 0 Å². The highest BCUT2D eigenvalue weighted by Crippen LogP contribution is 2.46. The second-order valence-corrected chi connectivity index (χ2v) is 17.4. The van der Waals surface area contributed by atoms with E-state index in [1.807, 2.05) is 22.7 Å². The number of hydrogen-bond donors (Lipinski definition) is 0. The first kappa shape index (κ1) is 34.7. The Morgan fingerprint density at radius 2 is 1.07 bits per heavy atom. The Bertz CT molecular complexity index is 3190. The Morgan fingerprint density at radius 1 is 0.431 bits per heavy atom. The molecule has 0 spiro atoms. The maximum absolute atomic E-state index is 2.51. The van der Waals surface area contributed by atoms with Crippen LogP contribution in [-0.4, -0.2) is 0 Å². The van der Waals surface area contributed by atoms with Gasteiger partial charge >= 0.3 is 0 Å². The number of rotatable bonds is 7. The molecule has 3 heteroatoms. The largest absolute Gasteiger partial charge is 0.314 e. The van der Waals surface area contributed by atoms with Gasteiger partial charge < -0.3 is 4.90 Å². The van der Waals surface area contributed by atoms with E-state index in [1.54, 1.807) is 0 Å². The molecule has 8 aromatic carbocycles. The standard InChI is InChI=1S/C55H39NS2/c1-36-45(40-15-6-3-7-16-40)20-12-23-51(36)56(43-18-10-17-41(33-43)39-27-25-38(26-28-39)37-13-4-2-5-14-37)44-30-32-53-50(35-44)48-31-29-42(34-54(48)57-53)46-21-11-22-49-47-19-8-9-24-52(47)58-55(46)49/h2-36,45H,1H3. The molecule has 58 heavy (non-hydrogen) atoms. The van der Waals surface area contributed by atoms with Crippen molar-refractivity contribution in [1.82, 2.24) is 0 Å². The lowest BCUT2D eigenvalue weighted by molar-refractivity contribution is 0.588. The van der Waals surface area contributed by atoms with Crippen LogP contribution >= 0.6 is 22.7 Å². The normalized spacial score (nSPS) is 15.4. The van der Waals surface area contributed by atoms with Gasteiger partial charge in [-0.1, -0.05) is 165 Å². The van der Waals surface area contributed by atoms with Crippen LogP contribution in [0.25, 0.3) is 73.7 Å². The molecule has 0 saturated heterocycles. The predicted octanol–water partition coefficient (Wildman–Crippen LogP) is 16.4. The average molecular weight is 778 g/mol. The summed E-state index contributed by atoms with van der Waals surface area (Å²) in [5, 5.41) is 5.27. The molecule has 2 unspecified atom stereocenters. The van der Waals surface area contributed by atoms with Gasteiger partial charge in [0, 0.05) is 69.3 Å². The van der Waals surface area contributed by atoms with E-state index in [0.717, 1.165) is 5.69 Å². The molecule has 10 aromatic rings. The minimum absolute atomic E-state index is 0.246. The van der Waals surface area contributed by atoms with Gasteiger partial charge in [0.1, 0.15) is 0 Å². The number of fused-ring (bicyclic) bond motifs is 6. The third kappa shape index (κ3) is 6.06. The first-order valence-corrected chi connectivity index (χ1v) is 21.7. The van der Waals surface area contributed by atoms with Crippen molar-refractivity contribution in [3.8, 4) is 33.4 Å². The van der Waals surface area contributed by atoms with Crippen molar-refractivity contribution in [1.29, 1.82) is 0 Å². The van der Waals surface area contributed by atoms with Crippen molar-refractivity contribution in [3.63, 3.8) is 0 Å². The second kappa shape index (κ2) is 14.5. The van der Waals surface area contributed by atoms with Gasteiger partial charge in [-0.25, -0.2) is 0 Å². The second-order valence-electron chi connectivity index (χ2n) is 15.3. The van der Waals surface area contributed by atoms with Crippen LogP contribution in [0.1, 0.15) is 18.4 Å². The van der Waals surface area contributed by atoms with Gasteiger partial charge in [-0.05, 0) is 87.5 Å². The molecular formula is C55H39NS2. The Morgan fingerprint density at radius 3 is 1.91 bits per heavy atom. The molecule has 1 aliphatic rings. The highest BCUT2D eigenvalue weighted by Gasteiger charge is 2.28. The molecule has 1 nitrogen and oxygen atoms in total. The lowest BCUT2D eigenvalue weighted by Crippen LogP contribution is -2.26. The third-order valence-corrected chi connectivity index (χ3v) is 14.2. The summed E-state index contributed by atoms with van der Waals surface area (Å²) in [5.74, 6) is 0.516. The minimum atomic E-state index is 0.246. The van der Waals surface area contributed by atoms with Crippen molar-refractivity contribution < 1.29 is 0 Å². The van der Waals surface area contributed by atoms with Crippen LogP contribution in [0.4, 0.5) is 11.4 Å². The molecule has 0 saturated carbocycles. The van der Waals surface area contributed by atoms with Gasteiger partial charge in [0.15, 0.2) is 0 Å². The fourth-order valence-corrected chi connectivity index (χ4v) is 11.3. The predicted molar refractivity (Wildman–Crippen MR) is 253 cm³/mol. The summed E-state index contributed by atoms with van der Waals surface area (Å²) in [7, 11) is 0. The lowest BCUT2D eigenvalue weighted by atomic mass is 9.81. The molecular weight excluding hydrogens is 739 g/mol. The zero-order chi connectivity index (χ0) is 38.6. The number of hydrogen-bond acceptors (Lipinski definition) is 3. The summed E-state index contributed by atoms with van der Waals surface area (Å²) in [6, 6.07) is 69.3. The van der Waals surface area contributed by atoms with Gasteiger partial charge in [-0.2, -0.15) is 0 Å². The van der Waals surface area contributed by atoms with E-state index in [0.29, 0.717) is 0 Å². The quantitative estimate of drug-likeness (QED) is 0.156. The molecule has 0 N–H and O–H groups in total. The Balaban J connectivity index is 1.02. The number of allylic oxidation sites excluding steroid dienone is 4. The van der Waals surface area contributed by atoms with E-state index in [4.69, 9.17) is 0 Å². The van der Waals surface area contributed by atoms with Gasteiger partial charge in [-0.15, -0.1) is 22.7 Å². The summed E-state index contributed by atoms with van der Waals surface area (Å²) in [4.78, 5) is 2.51. The highest BCUT2D eigenvalue weighted by molar-refractivity contribution is 7.26. The van der Waals surface area contributed by atoms with Crippen LogP contribution in [0.5, 0.6) is 0 Å². The van der Waals surface area contributed by atoms with E-state index < -0.39 is 0 Å². The topological polar surface area (TPSA) is 3.24 Å². The van der Waals surface area contributed by atoms with Crippen LogP contribution in [-0.2, 0) is 0 Å². The van der Waals surface area contributed by atoms with Crippen molar-refractivity contribution in [2.24, 2.45) is 5.92 Å². The van der Waals surface area contributed by atoms with Crippen LogP contribution < -0.4 is 4.90 Å². The van der Waals surface area contributed by atoms with Gasteiger partial charge in [0.25, 0.3) is 0 Å². The number of benzene rings is 8. The molecule has 0 amide bonds. The first-order valence-electron chi connectivity index (χ1n) is 20.0. The zero-order valence-corrected chi connectivity index (χ0v) is 33.7. The van der Waals surface area contributed by atoms with Gasteiger partial charge in [0.2, 0.25) is 0 Å². The number of nitrogens with zero attached hydrogens (tertiary/aromatic N) is 1. The number of thiophene rings is 2. The van der Waals surface area contributed by atoms with Crippen LogP contribution in [0.3, 0.4) is 0 Å². The smallest absolute Gasteiger partial charge is 0.0465 e. The maximum Gasteiger partial charge on any atom is 0.0465 e. The monoisotopic (exact) mass is 777 g/mol. The van der Waals surface area contributed by atoms with E-state index in [9.17, 15) is 0 Å². The first-order chi connectivity index (χ1) is 28.7. The Labute approximate surface area is 347 Å². The van der Waals surface area contributed by atoms with Crippen LogP contribution in [0.15, 0.2) is 212 Å². The zero-order valence-electron chi connectivity index (χ0n) is 32.0. The third-order valence-electron chi connectivity index (χ3n) is 11.9. The molecule has 1 aliphatic carbocycles. The minimum Gasteiger partial charge on any atom is -0.314 e. The number of anilines is 2. The molecule has 0 bridgehead atoms. The Kier molecular flexibility index (Phi) is 8.65. The van der Waals surface area contributed by atoms with Crippen molar-refractivity contribution in [2.45, 2.75) is 12.8 Å². The molecule has 2 atom stereocenters. The molecule has 2 aromatic heterocycles. The van der Waals surface area contributed by atoms with E-state index >= 15 is 0 Å². The fraction of sp³-hybridized carbons (Fsp3) is 0.0545. The summed E-state index contributed by atoms with van der Waals surface area (Å²) in [5.41, 5.74) is 12.4. The van der Waals surface area contributed by atoms with E-state index in [2.05, 4.69) is 218 Å². The molecule has 2 heterocycles. The fourth-order valence-electron chi connectivity index (χ4n) is 8.93. The molecule has 0 fully saturated rings. The Hall–Kier alpha value is -6.52. The summed E-state index contributed by atoms with van der Waals surface area (Å²) in [6.07, 6.45) is 6.93. The summed E-state index contributed by atoms with van der Waals surface area (Å²) < 4.78 is 5.31. The van der Waals surface area contributed by atoms with E-state index in [-0.39, 0.29) is 11.8 Å². The van der Waals surface area contributed by atoms with E-state index in [1.165, 1.54) is 90.7 Å². The van der Waals surface area contributed by atoms with Crippen LogP contribution in [0, 0.1) is 5.92 Å². The van der Waals surface area contributed by atoms with Crippen molar-refractivity contribution in [3.05, 3.63) is 218 Å². The van der Waals surface area contributed by atoms with Crippen molar-refractivity contribution >= 4 is 74.4 Å². The lowest BCUT2D eigenvalue weighted by Gasteiger charge is -2.36. The molecule has 0 aliphatic heterocycles. The molecule has 0 radical (unpaired) electrons.